The Hall–Kier alpha value is -1.91. The van der Waals surface area contributed by atoms with E-state index >= 15 is 0 Å². The van der Waals surface area contributed by atoms with Gasteiger partial charge in [0.2, 0.25) is 5.91 Å². The zero-order valence-corrected chi connectivity index (χ0v) is 13.1. The number of ether oxygens (including phenoxy) is 1. The van der Waals surface area contributed by atoms with Gasteiger partial charge in [0.15, 0.2) is 0 Å². The summed E-state index contributed by atoms with van der Waals surface area (Å²) < 4.78 is 5.90. The molecule has 4 N–H and O–H groups in total. The standard InChI is InChI=1S/C16H25N3O2/c1-16(2,3)21-14-10-12(4-5-13(14)17)19-8-6-11(7-9-19)15(18)20/h4-5,10-11H,6-9,17H2,1-3H3,(H2,18,20). The van der Waals surface area contributed by atoms with Gasteiger partial charge in [0.05, 0.1) is 5.69 Å². The number of nitrogens with two attached hydrogens (primary N) is 2. The largest absolute Gasteiger partial charge is 0.486 e. The molecule has 0 radical (unpaired) electrons. The number of primary amides is 1. The van der Waals surface area contributed by atoms with E-state index < -0.39 is 0 Å². The Morgan fingerprint density at radius 1 is 1.29 bits per heavy atom. The first-order chi connectivity index (χ1) is 9.76. The Morgan fingerprint density at radius 3 is 2.43 bits per heavy atom. The van der Waals surface area contributed by atoms with Crippen LogP contribution in [0.2, 0.25) is 0 Å². The number of carbonyl (C=O) groups excluding carboxylic acids is 1. The molecule has 5 nitrogen and oxygen atoms in total. The predicted octanol–water partition coefficient (Wildman–Crippen LogP) is 2.15. The quantitative estimate of drug-likeness (QED) is 0.836. The summed E-state index contributed by atoms with van der Waals surface area (Å²) in [5.74, 6) is 0.515. The van der Waals surface area contributed by atoms with Gasteiger partial charge >= 0.3 is 0 Å². The minimum Gasteiger partial charge on any atom is -0.486 e. The number of nitrogens with zero attached hydrogens (tertiary/aromatic N) is 1. The van der Waals surface area contributed by atoms with E-state index in [0.29, 0.717) is 11.4 Å². The Morgan fingerprint density at radius 2 is 1.90 bits per heavy atom. The Balaban J connectivity index is 2.11. The van der Waals surface area contributed by atoms with Crippen LogP contribution >= 0.6 is 0 Å². The normalized spacial score (nSPS) is 16.8. The summed E-state index contributed by atoms with van der Waals surface area (Å²) in [6, 6.07) is 5.84. The van der Waals surface area contributed by atoms with Crippen molar-refractivity contribution >= 4 is 17.3 Å². The third kappa shape index (κ3) is 4.03. The topological polar surface area (TPSA) is 81.6 Å². The van der Waals surface area contributed by atoms with Crippen molar-refractivity contribution in [2.45, 2.75) is 39.2 Å². The molecule has 116 valence electrons. The Kier molecular flexibility index (Phi) is 4.30. The Labute approximate surface area is 126 Å². The highest BCUT2D eigenvalue weighted by Gasteiger charge is 2.24. The summed E-state index contributed by atoms with van der Waals surface area (Å²) >= 11 is 0. The Bertz CT molecular complexity index is 515. The number of hydrogen-bond donors (Lipinski definition) is 2. The van der Waals surface area contributed by atoms with Gasteiger partial charge in [0, 0.05) is 30.8 Å². The number of amides is 1. The number of anilines is 2. The summed E-state index contributed by atoms with van der Waals surface area (Å²) in [5.41, 5.74) is 12.8. The maximum Gasteiger partial charge on any atom is 0.220 e. The van der Waals surface area contributed by atoms with Crippen molar-refractivity contribution in [3.8, 4) is 5.75 Å². The molecule has 5 heteroatoms. The smallest absolute Gasteiger partial charge is 0.220 e. The van der Waals surface area contributed by atoms with E-state index in [9.17, 15) is 4.79 Å². The van der Waals surface area contributed by atoms with Crippen LogP contribution in [0.4, 0.5) is 11.4 Å². The van der Waals surface area contributed by atoms with Gasteiger partial charge in [-0.1, -0.05) is 0 Å². The van der Waals surface area contributed by atoms with Gasteiger partial charge in [-0.15, -0.1) is 0 Å². The van der Waals surface area contributed by atoms with Gasteiger partial charge in [-0.05, 0) is 45.7 Å². The molecule has 1 saturated heterocycles. The SMILES string of the molecule is CC(C)(C)Oc1cc(N2CCC(C(N)=O)CC2)ccc1N. The van der Waals surface area contributed by atoms with E-state index in [4.69, 9.17) is 16.2 Å². The predicted molar refractivity (Wildman–Crippen MR) is 85.4 cm³/mol. The van der Waals surface area contributed by atoms with E-state index in [1.54, 1.807) is 0 Å². The monoisotopic (exact) mass is 291 g/mol. The molecule has 1 heterocycles. The number of carbonyl (C=O) groups is 1. The van der Waals surface area contributed by atoms with Crippen LogP contribution in [-0.4, -0.2) is 24.6 Å². The van der Waals surface area contributed by atoms with Gasteiger partial charge in [0.1, 0.15) is 11.4 Å². The summed E-state index contributed by atoms with van der Waals surface area (Å²) in [7, 11) is 0. The first kappa shape index (κ1) is 15.5. The van der Waals surface area contributed by atoms with Crippen LogP contribution in [0.15, 0.2) is 18.2 Å². The molecule has 1 amide bonds. The first-order valence-electron chi connectivity index (χ1n) is 7.39. The zero-order chi connectivity index (χ0) is 15.6. The van der Waals surface area contributed by atoms with Crippen LogP contribution in [0.1, 0.15) is 33.6 Å². The van der Waals surface area contributed by atoms with Gasteiger partial charge in [-0.25, -0.2) is 0 Å². The van der Waals surface area contributed by atoms with Crippen LogP contribution in [0.5, 0.6) is 5.75 Å². The van der Waals surface area contributed by atoms with Gasteiger partial charge in [0.25, 0.3) is 0 Å². The first-order valence-corrected chi connectivity index (χ1v) is 7.39. The number of hydrogen-bond acceptors (Lipinski definition) is 4. The summed E-state index contributed by atoms with van der Waals surface area (Å²) in [6.07, 6.45) is 1.60. The highest BCUT2D eigenvalue weighted by atomic mass is 16.5. The molecule has 1 fully saturated rings. The summed E-state index contributed by atoms with van der Waals surface area (Å²) in [6.45, 7) is 7.64. The zero-order valence-electron chi connectivity index (χ0n) is 13.1. The number of piperidine rings is 1. The fourth-order valence-corrected chi connectivity index (χ4v) is 2.56. The number of nitrogen functional groups attached to an aromatic ring is 1. The molecular weight excluding hydrogens is 266 g/mol. The molecule has 1 aromatic rings. The van der Waals surface area contributed by atoms with Crippen LogP contribution < -0.4 is 21.1 Å². The fraction of sp³-hybridized carbons (Fsp3) is 0.562. The fourth-order valence-electron chi connectivity index (χ4n) is 2.56. The molecule has 2 rings (SSSR count). The van der Waals surface area contributed by atoms with Crippen LogP contribution in [0.25, 0.3) is 0 Å². The second-order valence-corrected chi connectivity index (χ2v) is 6.60. The van der Waals surface area contributed by atoms with E-state index in [0.717, 1.165) is 31.6 Å². The molecular formula is C16H25N3O2. The average molecular weight is 291 g/mol. The maximum absolute atomic E-state index is 11.2. The van der Waals surface area contributed by atoms with Crippen molar-refractivity contribution in [3.05, 3.63) is 18.2 Å². The lowest BCUT2D eigenvalue weighted by Crippen LogP contribution is -2.38. The third-order valence-corrected chi connectivity index (χ3v) is 3.68. The highest BCUT2D eigenvalue weighted by Crippen LogP contribution is 2.32. The summed E-state index contributed by atoms with van der Waals surface area (Å²) in [4.78, 5) is 13.5. The molecule has 0 unspecified atom stereocenters. The van der Waals surface area contributed by atoms with Crippen molar-refractivity contribution in [2.24, 2.45) is 11.7 Å². The minimum absolute atomic E-state index is 0.000303. The van der Waals surface area contributed by atoms with E-state index in [1.807, 2.05) is 39.0 Å². The van der Waals surface area contributed by atoms with Crippen molar-refractivity contribution in [1.82, 2.24) is 0 Å². The second-order valence-electron chi connectivity index (χ2n) is 6.60. The van der Waals surface area contributed by atoms with Crippen molar-refractivity contribution < 1.29 is 9.53 Å². The average Bonchev–Trinajstić information content (AvgIpc) is 2.40. The second kappa shape index (κ2) is 5.84. The molecule has 1 aliphatic rings. The highest BCUT2D eigenvalue weighted by molar-refractivity contribution is 5.77. The van der Waals surface area contributed by atoms with Crippen LogP contribution in [0, 0.1) is 5.92 Å². The number of rotatable bonds is 3. The lowest BCUT2D eigenvalue weighted by atomic mass is 9.96. The van der Waals surface area contributed by atoms with Crippen molar-refractivity contribution in [3.63, 3.8) is 0 Å². The molecule has 0 aromatic heterocycles. The minimum atomic E-state index is -0.286. The van der Waals surface area contributed by atoms with Crippen LogP contribution in [-0.2, 0) is 4.79 Å². The van der Waals surface area contributed by atoms with Gasteiger partial charge in [-0.3, -0.25) is 4.79 Å². The third-order valence-electron chi connectivity index (χ3n) is 3.68. The van der Waals surface area contributed by atoms with Crippen molar-refractivity contribution in [2.75, 3.05) is 23.7 Å². The summed E-state index contributed by atoms with van der Waals surface area (Å²) in [5, 5.41) is 0. The van der Waals surface area contributed by atoms with Crippen molar-refractivity contribution in [1.29, 1.82) is 0 Å². The lowest BCUT2D eigenvalue weighted by molar-refractivity contribution is -0.122. The van der Waals surface area contributed by atoms with Gasteiger partial charge < -0.3 is 21.1 Å². The molecule has 1 aliphatic heterocycles. The maximum atomic E-state index is 11.2. The van der Waals surface area contributed by atoms with E-state index in [1.165, 1.54) is 0 Å². The molecule has 0 aliphatic carbocycles. The van der Waals surface area contributed by atoms with E-state index in [-0.39, 0.29) is 17.4 Å². The molecule has 0 saturated carbocycles. The molecule has 21 heavy (non-hydrogen) atoms. The van der Waals surface area contributed by atoms with Gasteiger partial charge in [-0.2, -0.15) is 0 Å². The molecule has 0 bridgehead atoms. The lowest BCUT2D eigenvalue weighted by Gasteiger charge is -2.33. The molecule has 0 atom stereocenters. The molecule has 0 spiro atoms. The molecule has 1 aromatic carbocycles. The number of benzene rings is 1. The van der Waals surface area contributed by atoms with Crippen LogP contribution in [0.3, 0.4) is 0 Å². The van der Waals surface area contributed by atoms with E-state index in [2.05, 4.69) is 4.90 Å².